The third-order valence-electron chi connectivity index (χ3n) is 5.49. The number of carbonyl (C=O) groups is 2. The van der Waals surface area contributed by atoms with Gasteiger partial charge in [0.2, 0.25) is 0 Å². The lowest BCUT2D eigenvalue weighted by atomic mass is 9.78. The van der Waals surface area contributed by atoms with Crippen molar-refractivity contribution in [3.05, 3.63) is 18.0 Å². The van der Waals surface area contributed by atoms with Crippen molar-refractivity contribution >= 4 is 11.9 Å². The molecule has 170 valence electrons. The predicted octanol–water partition coefficient (Wildman–Crippen LogP) is 2.49. The second-order valence-electron chi connectivity index (χ2n) is 7.35. The summed E-state index contributed by atoms with van der Waals surface area (Å²) in [6.45, 7) is 5.95. The van der Waals surface area contributed by atoms with Crippen molar-refractivity contribution in [3.8, 4) is 0 Å². The lowest BCUT2D eigenvalue weighted by Gasteiger charge is -2.42. The molecular formula is C19H28F3N3O5. The number of amides is 1. The number of hydrogen-bond acceptors (Lipinski definition) is 5. The van der Waals surface area contributed by atoms with Crippen LogP contribution in [-0.2, 0) is 21.3 Å². The van der Waals surface area contributed by atoms with Crippen LogP contribution in [0.15, 0.2) is 12.3 Å². The van der Waals surface area contributed by atoms with Crippen LogP contribution in [0.4, 0.5) is 13.2 Å². The lowest BCUT2D eigenvalue weighted by Crippen LogP contribution is -2.49. The first-order chi connectivity index (χ1) is 14.1. The monoisotopic (exact) mass is 435 g/mol. The molecule has 2 aliphatic rings. The number of halogens is 3. The van der Waals surface area contributed by atoms with Crippen molar-refractivity contribution in [2.45, 2.75) is 44.4 Å². The number of ether oxygens (including phenoxy) is 2. The summed E-state index contributed by atoms with van der Waals surface area (Å²) in [7, 11) is 1.83. The Hall–Kier alpha value is -2.14. The molecule has 2 saturated heterocycles. The minimum Gasteiger partial charge on any atom is -0.475 e. The summed E-state index contributed by atoms with van der Waals surface area (Å²) in [4.78, 5) is 23.3. The first-order valence-corrected chi connectivity index (χ1v) is 9.90. The molecule has 0 saturated carbocycles. The van der Waals surface area contributed by atoms with Crippen LogP contribution < -0.4 is 0 Å². The van der Waals surface area contributed by atoms with Crippen molar-refractivity contribution in [3.63, 3.8) is 0 Å². The van der Waals surface area contributed by atoms with Crippen LogP contribution in [0.3, 0.4) is 0 Å². The number of carboxylic acid groups (broad SMARTS) is 1. The first-order valence-electron chi connectivity index (χ1n) is 9.90. The van der Waals surface area contributed by atoms with Crippen molar-refractivity contribution in [1.82, 2.24) is 14.7 Å². The van der Waals surface area contributed by atoms with Gasteiger partial charge < -0.3 is 19.5 Å². The molecule has 3 heterocycles. The van der Waals surface area contributed by atoms with Gasteiger partial charge in [-0.1, -0.05) is 0 Å². The maximum atomic E-state index is 12.5. The van der Waals surface area contributed by atoms with E-state index in [2.05, 4.69) is 5.10 Å². The van der Waals surface area contributed by atoms with Gasteiger partial charge in [0.15, 0.2) is 0 Å². The maximum Gasteiger partial charge on any atom is 0.490 e. The Morgan fingerprint density at radius 3 is 2.50 bits per heavy atom. The second-order valence-corrected chi connectivity index (χ2v) is 7.35. The van der Waals surface area contributed by atoms with Crippen LogP contribution in [0.25, 0.3) is 0 Å². The number of aromatic nitrogens is 2. The zero-order chi connectivity index (χ0) is 22.4. The minimum absolute atomic E-state index is 0.0318. The summed E-state index contributed by atoms with van der Waals surface area (Å²) in [6.07, 6.45) is 0.733. The molecular weight excluding hydrogens is 407 g/mol. The molecule has 1 aromatic rings. The number of hydrogen-bond donors (Lipinski definition) is 1. The fourth-order valence-electron chi connectivity index (χ4n) is 3.89. The quantitative estimate of drug-likeness (QED) is 0.715. The molecule has 30 heavy (non-hydrogen) atoms. The van der Waals surface area contributed by atoms with E-state index in [-0.39, 0.29) is 11.5 Å². The van der Waals surface area contributed by atoms with E-state index in [0.29, 0.717) is 11.6 Å². The van der Waals surface area contributed by atoms with E-state index in [9.17, 15) is 18.0 Å². The van der Waals surface area contributed by atoms with Gasteiger partial charge in [-0.05, 0) is 44.6 Å². The number of aryl methyl sites for hydroxylation is 1. The van der Waals surface area contributed by atoms with E-state index in [4.69, 9.17) is 19.4 Å². The van der Waals surface area contributed by atoms with Crippen LogP contribution in [0.5, 0.6) is 0 Å². The summed E-state index contributed by atoms with van der Waals surface area (Å²) in [6, 6.07) is 1.78. The Labute approximate surface area is 172 Å². The number of piperidine rings is 1. The molecule has 0 aromatic carbocycles. The number of nitrogens with zero attached hydrogens (tertiary/aromatic N) is 3. The molecule has 0 bridgehead atoms. The van der Waals surface area contributed by atoms with Crippen molar-refractivity contribution in [2.75, 3.05) is 32.9 Å². The van der Waals surface area contributed by atoms with E-state index in [1.807, 2.05) is 25.1 Å². The molecule has 1 unspecified atom stereocenters. The van der Waals surface area contributed by atoms with Gasteiger partial charge in [-0.15, -0.1) is 0 Å². The average molecular weight is 435 g/mol. The highest BCUT2D eigenvalue weighted by atomic mass is 19.4. The number of carbonyl (C=O) groups excluding carboxylic acids is 1. The van der Waals surface area contributed by atoms with Crippen LogP contribution in [-0.4, -0.2) is 76.4 Å². The smallest absolute Gasteiger partial charge is 0.475 e. The van der Waals surface area contributed by atoms with E-state index < -0.39 is 12.1 Å². The molecule has 0 aliphatic carbocycles. The highest BCUT2D eigenvalue weighted by molar-refractivity contribution is 5.92. The second kappa shape index (κ2) is 10.3. The number of likely N-dealkylation sites (tertiary alicyclic amines) is 1. The van der Waals surface area contributed by atoms with Crippen molar-refractivity contribution in [1.29, 1.82) is 0 Å². The molecule has 1 aromatic heterocycles. The van der Waals surface area contributed by atoms with Crippen LogP contribution in [0.2, 0.25) is 0 Å². The van der Waals surface area contributed by atoms with Gasteiger partial charge in [0, 0.05) is 46.2 Å². The van der Waals surface area contributed by atoms with Gasteiger partial charge in [0.25, 0.3) is 5.91 Å². The summed E-state index contributed by atoms with van der Waals surface area (Å²) < 4.78 is 45.1. The molecule has 8 nitrogen and oxygen atoms in total. The maximum absolute atomic E-state index is 12.5. The van der Waals surface area contributed by atoms with E-state index in [1.54, 1.807) is 10.7 Å². The van der Waals surface area contributed by atoms with Crippen molar-refractivity contribution in [2.24, 2.45) is 13.0 Å². The molecule has 2 aliphatic heterocycles. The molecule has 3 rings (SSSR count). The number of rotatable bonds is 5. The summed E-state index contributed by atoms with van der Waals surface area (Å²) in [5, 5.41) is 11.3. The normalized spacial score (nSPS) is 20.7. The lowest BCUT2D eigenvalue weighted by molar-refractivity contribution is -0.192. The zero-order valence-electron chi connectivity index (χ0n) is 17.2. The standard InChI is InChI=1S/C17H27N3O3.C2HF3O2/c1-3-22-12-5-14-6-13-23-17(14)7-10-20(11-8-17)16(21)15-4-9-19(2)18-15;3-2(4,5)1(6)7/h4,9,14H,3,5-8,10-13H2,1-2H3;(H,6,7). The van der Waals surface area contributed by atoms with E-state index in [1.165, 1.54) is 0 Å². The Morgan fingerprint density at radius 2 is 2.00 bits per heavy atom. The Kier molecular flexibility index (Phi) is 8.25. The molecule has 1 N–H and O–H groups in total. The molecule has 1 spiro atoms. The summed E-state index contributed by atoms with van der Waals surface area (Å²) in [5.74, 6) is -2.17. The molecule has 0 radical (unpaired) electrons. The zero-order valence-corrected chi connectivity index (χ0v) is 17.2. The third-order valence-corrected chi connectivity index (χ3v) is 5.49. The Morgan fingerprint density at radius 1 is 1.37 bits per heavy atom. The summed E-state index contributed by atoms with van der Waals surface area (Å²) >= 11 is 0. The highest BCUT2D eigenvalue weighted by Gasteiger charge is 2.46. The Balaban J connectivity index is 0.000000396. The van der Waals surface area contributed by atoms with E-state index in [0.717, 1.165) is 58.6 Å². The number of carboxylic acids is 1. The number of alkyl halides is 3. The fraction of sp³-hybridized carbons (Fsp3) is 0.737. The molecule has 11 heteroatoms. The van der Waals surface area contributed by atoms with Crippen LogP contribution in [0.1, 0.15) is 43.1 Å². The first kappa shape index (κ1) is 24.1. The molecule has 1 atom stereocenters. The average Bonchev–Trinajstić information content (AvgIpc) is 3.29. The van der Waals surface area contributed by atoms with Crippen LogP contribution >= 0.6 is 0 Å². The highest BCUT2D eigenvalue weighted by Crippen LogP contribution is 2.42. The van der Waals surface area contributed by atoms with E-state index >= 15 is 0 Å². The van der Waals surface area contributed by atoms with Gasteiger partial charge >= 0.3 is 12.1 Å². The van der Waals surface area contributed by atoms with Crippen LogP contribution in [0, 0.1) is 5.92 Å². The van der Waals surface area contributed by atoms with Gasteiger partial charge in [-0.3, -0.25) is 9.48 Å². The largest absolute Gasteiger partial charge is 0.490 e. The fourth-order valence-corrected chi connectivity index (χ4v) is 3.89. The third kappa shape index (κ3) is 6.18. The van der Waals surface area contributed by atoms with Gasteiger partial charge in [0.1, 0.15) is 5.69 Å². The SMILES string of the molecule is CCOCCC1CCOC12CCN(C(=O)c1ccn(C)n1)CC2.O=C(O)C(F)(F)F. The van der Waals surface area contributed by atoms with Gasteiger partial charge in [-0.25, -0.2) is 4.79 Å². The number of aliphatic carboxylic acids is 1. The topological polar surface area (TPSA) is 93.9 Å². The molecule has 1 amide bonds. The minimum atomic E-state index is -5.08. The van der Waals surface area contributed by atoms with Gasteiger partial charge in [0.05, 0.1) is 5.60 Å². The van der Waals surface area contributed by atoms with Crippen molar-refractivity contribution < 1.29 is 37.3 Å². The molecule has 2 fully saturated rings. The summed E-state index contributed by atoms with van der Waals surface area (Å²) in [5.41, 5.74) is 0.488. The van der Waals surface area contributed by atoms with Gasteiger partial charge in [-0.2, -0.15) is 18.3 Å². The predicted molar refractivity (Wildman–Crippen MR) is 99.9 cm³/mol. The Bertz CT molecular complexity index is 715.